The number of nitrogens with zero attached hydrogens (tertiary/aromatic N) is 4. The van der Waals surface area contributed by atoms with E-state index >= 15 is 0 Å². The number of carbonyl (C=O) groups excluding carboxylic acids is 1. The Balaban J connectivity index is 1.49. The highest BCUT2D eigenvalue weighted by molar-refractivity contribution is 5.73. The highest BCUT2D eigenvalue weighted by Gasteiger charge is 2.29. The van der Waals surface area contributed by atoms with Gasteiger partial charge in [-0.05, 0) is 37.8 Å². The van der Waals surface area contributed by atoms with Gasteiger partial charge in [0.1, 0.15) is 5.75 Å². The number of ether oxygens (including phenoxy) is 1. The Morgan fingerprint density at radius 1 is 1.28 bits per heavy atom. The SMILES string of the molecule is COc1cc(C)ccc1CN1CCc2nc([C@@H]3CCCCN3C(C)=O)ncc2C1. The maximum Gasteiger partial charge on any atom is 0.220 e. The second kappa shape index (κ2) is 8.49. The summed E-state index contributed by atoms with van der Waals surface area (Å²) >= 11 is 0. The predicted octanol–water partition coefficient (Wildman–Crippen LogP) is 3.43. The van der Waals surface area contributed by atoms with Gasteiger partial charge in [0, 0.05) is 62.5 Å². The van der Waals surface area contributed by atoms with Gasteiger partial charge >= 0.3 is 0 Å². The van der Waals surface area contributed by atoms with Gasteiger partial charge in [-0.15, -0.1) is 0 Å². The van der Waals surface area contributed by atoms with E-state index in [1.54, 1.807) is 14.0 Å². The zero-order valence-corrected chi connectivity index (χ0v) is 17.6. The molecule has 1 atom stereocenters. The normalized spacial score (nSPS) is 19.7. The molecule has 3 heterocycles. The van der Waals surface area contributed by atoms with Crippen molar-refractivity contribution < 1.29 is 9.53 Å². The van der Waals surface area contributed by atoms with Gasteiger partial charge < -0.3 is 9.64 Å². The molecule has 6 heteroatoms. The maximum absolute atomic E-state index is 12.0. The van der Waals surface area contributed by atoms with Crippen LogP contribution in [0.3, 0.4) is 0 Å². The van der Waals surface area contributed by atoms with Gasteiger partial charge in [0.2, 0.25) is 5.91 Å². The molecule has 4 rings (SSSR count). The van der Waals surface area contributed by atoms with Crippen molar-refractivity contribution in [3.63, 3.8) is 0 Å². The van der Waals surface area contributed by atoms with Crippen LogP contribution in [0.5, 0.6) is 5.75 Å². The lowest BCUT2D eigenvalue weighted by Gasteiger charge is -2.35. The van der Waals surface area contributed by atoms with Crippen LogP contribution < -0.4 is 4.74 Å². The first-order valence-corrected chi connectivity index (χ1v) is 10.5. The lowest BCUT2D eigenvalue weighted by Crippen LogP contribution is -2.38. The highest BCUT2D eigenvalue weighted by atomic mass is 16.5. The molecule has 29 heavy (non-hydrogen) atoms. The summed E-state index contributed by atoms with van der Waals surface area (Å²) in [5, 5.41) is 0. The Labute approximate surface area is 172 Å². The van der Waals surface area contributed by atoms with Crippen molar-refractivity contribution in [1.29, 1.82) is 0 Å². The molecule has 1 aromatic heterocycles. The van der Waals surface area contributed by atoms with Gasteiger partial charge in [0.15, 0.2) is 5.82 Å². The van der Waals surface area contributed by atoms with Crippen molar-refractivity contribution in [1.82, 2.24) is 19.8 Å². The molecule has 154 valence electrons. The third-order valence-corrected chi connectivity index (χ3v) is 6.07. The summed E-state index contributed by atoms with van der Waals surface area (Å²) in [6.45, 7) is 7.19. The zero-order valence-electron chi connectivity index (χ0n) is 17.6. The van der Waals surface area contributed by atoms with Crippen LogP contribution in [0.1, 0.15) is 60.4 Å². The molecule has 1 amide bonds. The number of rotatable bonds is 4. The van der Waals surface area contributed by atoms with Crippen molar-refractivity contribution in [2.24, 2.45) is 0 Å². The van der Waals surface area contributed by atoms with E-state index in [0.29, 0.717) is 0 Å². The first-order valence-electron chi connectivity index (χ1n) is 10.5. The van der Waals surface area contributed by atoms with E-state index in [1.807, 2.05) is 11.1 Å². The van der Waals surface area contributed by atoms with Crippen molar-refractivity contribution in [2.45, 2.75) is 58.7 Å². The third kappa shape index (κ3) is 4.27. The van der Waals surface area contributed by atoms with E-state index in [4.69, 9.17) is 9.72 Å². The summed E-state index contributed by atoms with van der Waals surface area (Å²) in [7, 11) is 1.73. The van der Waals surface area contributed by atoms with Gasteiger partial charge in [-0.2, -0.15) is 0 Å². The highest BCUT2D eigenvalue weighted by Crippen LogP contribution is 2.30. The average Bonchev–Trinajstić information content (AvgIpc) is 2.74. The standard InChI is InChI=1S/C23H30N4O2/c1-16-7-8-18(22(12-16)29-3)14-26-11-9-20-19(15-26)13-24-23(25-20)21-6-4-5-10-27(21)17(2)28/h7-8,12-13,21H,4-6,9-11,14-15H2,1-3H3/t21-/m0/s1. The molecular weight excluding hydrogens is 364 g/mol. The molecule has 1 aromatic carbocycles. The zero-order chi connectivity index (χ0) is 20.4. The van der Waals surface area contributed by atoms with Crippen LogP contribution >= 0.6 is 0 Å². The van der Waals surface area contributed by atoms with Crippen molar-refractivity contribution in [3.05, 3.63) is 52.6 Å². The van der Waals surface area contributed by atoms with Crippen LogP contribution in [-0.2, 0) is 24.3 Å². The van der Waals surface area contributed by atoms with Crippen molar-refractivity contribution in [3.8, 4) is 5.75 Å². The van der Waals surface area contributed by atoms with E-state index in [2.05, 4.69) is 35.0 Å². The molecule has 2 aliphatic heterocycles. The third-order valence-electron chi connectivity index (χ3n) is 6.07. The molecule has 2 aliphatic rings. The van der Waals surface area contributed by atoms with E-state index in [9.17, 15) is 4.79 Å². The largest absolute Gasteiger partial charge is 0.496 e. The summed E-state index contributed by atoms with van der Waals surface area (Å²) in [4.78, 5) is 25.9. The van der Waals surface area contributed by atoms with E-state index in [-0.39, 0.29) is 11.9 Å². The number of aryl methyl sites for hydroxylation is 1. The smallest absolute Gasteiger partial charge is 0.220 e. The Hall–Kier alpha value is -2.47. The number of hydrogen-bond donors (Lipinski definition) is 0. The Morgan fingerprint density at radius 3 is 2.93 bits per heavy atom. The number of fused-ring (bicyclic) bond motifs is 1. The van der Waals surface area contributed by atoms with Gasteiger partial charge in [-0.1, -0.05) is 12.1 Å². The summed E-state index contributed by atoms with van der Waals surface area (Å²) in [5.74, 6) is 1.88. The molecule has 0 bridgehead atoms. The Kier molecular flexibility index (Phi) is 5.81. The number of likely N-dealkylation sites (tertiary alicyclic amines) is 1. The Morgan fingerprint density at radius 2 is 2.14 bits per heavy atom. The Bertz CT molecular complexity index is 898. The molecule has 0 radical (unpaired) electrons. The van der Waals surface area contributed by atoms with Crippen LogP contribution in [0.15, 0.2) is 24.4 Å². The summed E-state index contributed by atoms with van der Waals surface area (Å²) in [6.07, 6.45) is 6.03. The number of benzene rings is 1. The average molecular weight is 395 g/mol. The predicted molar refractivity (Wildman–Crippen MR) is 112 cm³/mol. The monoisotopic (exact) mass is 394 g/mol. The number of methoxy groups -OCH3 is 1. The summed E-state index contributed by atoms with van der Waals surface area (Å²) in [6, 6.07) is 6.41. The number of aromatic nitrogens is 2. The van der Waals surface area contributed by atoms with Crippen LogP contribution in [0.4, 0.5) is 0 Å². The van der Waals surface area contributed by atoms with Crippen LogP contribution in [0.2, 0.25) is 0 Å². The van der Waals surface area contributed by atoms with E-state index in [0.717, 1.165) is 69.1 Å². The van der Waals surface area contributed by atoms with Crippen molar-refractivity contribution in [2.75, 3.05) is 20.2 Å². The van der Waals surface area contributed by atoms with Gasteiger partial charge in [0.25, 0.3) is 0 Å². The molecule has 0 aliphatic carbocycles. The number of amides is 1. The van der Waals surface area contributed by atoms with Gasteiger partial charge in [-0.3, -0.25) is 9.69 Å². The molecule has 0 unspecified atom stereocenters. The van der Waals surface area contributed by atoms with E-state index < -0.39 is 0 Å². The van der Waals surface area contributed by atoms with E-state index in [1.165, 1.54) is 16.7 Å². The quantitative estimate of drug-likeness (QED) is 0.795. The van der Waals surface area contributed by atoms with Gasteiger partial charge in [0.05, 0.1) is 13.2 Å². The first kappa shape index (κ1) is 19.8. The fourth-order valence-electron chi connectivity index (χ4n) is 4.49. The summed E-state index contributed by atoms with van der Waals surface area (Å²) in [5.41, 5.74) is 4.74. The molecular formula is C23H30N4O2. The number of carbonyl (C=O) groups is 1. The summed E-state index contributed by atoms with van der Waals surface area (Å²) < 4.78 is 5.57. The minimum atomic E-state index is 0.0291. The lowest BCUT2D eigenvalue weighted by atomic mass is 10.00. The minimum absolute atomic E-state index is 0.0291. The molecule has 0 N–H and O–H groups in total. The fraction of sp³-hybridized carbons (Fsp3) is 0.522. The maximum atomic E-state index is 12.0. The second-order valence-corrected chi connectivity index (χ2v) is 8.20. The van der Waals surface area contributed by atoms with Gasteiger partial charge in [-0.25, -0.2) is 9.97 Å². The second-order valence-electron chi connectivity index (χ2n) is 8.20. The molecule has 0 spiro atoms. The number of piperidine rings is 1. The topological polar surface area (TPSA) is 58.6 Å². The van der Waals surface area contributed by atoms with Crippen LogP contribution in [0.25, 0.3) is 0 Å². The molecule has 2 aromatic rings. The molecule has 1 saturated heterocycles. The van der Waals surface area contributed by atoms with Crippen LogP contribution in [-0.4, -0.2) is 45.9 Å². The fourth-order valence-corrected chi connectivity index (χ4v) is 4.49. The molecule has 6 nitrogen and oxygen atoms in total. The minimum Gasteiger partial charge on any atom is -0.496 e. The van der Waals surface area contributed by atoms with Crippen LogP contribution in [0, 0.1) is 6.92 Å². The first-order chi connectivity index (χ1) is 14.0. The lowest BCUT2D eigenvalue weighted by molar-refractivity contribution is -0.132. The molecule has 0 saturated carbocycles. The van der Waals surface area contributed by atoms with Crippen molar-refractivity contribution >= 4 is 5.91 Å². The number of hydrogen-bond acceptors (Lipinski definition) is 5. The molecule has 1 fully saturated rings.